The summed E-state index contributed by atoms with van der Waals surface area (Å²) in [7, 11) is 0. The highest BCUT2D eigenvalue weighted by atomic mass is 35.5. The molecule has 1 nitrogen and oxygen atoms in total. The number of nitrogen functional groups attached to an aromatic ring is 1. The Kier molecular flexibility index (Phi) is 3.42. The fourth-order valence-corrected chi connectivity index (χ4v) is 2.66. The van der Waals surface area contributed by atoms with Crippen LogP contribution in [-0.2, 0) is 0 Å². The molecular weight excluding hydrogens is 238 g/mol. The molecule has 0 aromatic heterocycles. The first-order valence-electron chi connectivity index (χ1n) is 4.95. The lowest BCUT2D eigenvalue weighted by Gasteiger charge is -2.07. The van der Waals surface area contributed by atoms with Gasteiger partial charge in [-0.1, -0.05) is 35.5 Å². The van der Waals surface area contributed by atoms with Crippen LogP contribution in [0.3, 0.4) is 0 Å². The topological polar surface area (TPSA) is 26.0 Å². The van der Waals surface area contributed by atoms with E-state index >= 15 is 0 Å². The van der Waals surface area contributed by atoms with Crippen molar-refractivity contribution in [2.75, 3.05) is 5.73 Å². The zero-order valence-corrected chi connectivity index (χ0v) is 10.5. The zero-order chi connectivity index (χ0) is 11.5. The summed E-state index contributed by atoms with van der Waals surface area (Å²) in [5.74, 6) is 0. The Bertz CT molecular complexity index is 511. The van der Waals surface area contributed by atoms with Gasteiger partial charge in [0.05, 0.1) is 0 Å². The molecule has 0 aliphatic rings. The molecule has 0 amide bonds. The van der Waals surface area contributed by atoms with E-state index in [4.69, 9.17) is 17.3 Å². The minimum atomic E-state index is 0.756. The van der Waals surface area contributed by atoms with Crippen molar-refractivity contribution in [2.24, 2.45) is 0 Å². The van der Waals surface area contributed by atoms with E-state index in [0.717, 1.165) is 21.2 Å². The molecule has 82 valence electrons. The van der Waals surface area contributed by atoms with Crippen molar-refractivity contribution in [3.05, 3.63) is 53.1 Å². The summed E-state index contributed by atoms with van der Waals surface area (Å²) in [6.45, 7) is 2.03. The fourth-order valence-electron chi connectivity index (χ4n) is 1.40. The summed E-state index contributed by atoms with van der Waals surface area (Å²) >= 11 is 7.62. The summed E-state index contributed by atoms with van der Waals surface area (Å²) in [4.78, 5) is 2.29. The number of anilines is 1. The smallest absolute Gasteiger partial charge is 0.0417 e. The van der Waals surface area contributed by atoms with Gasteiger partial charge in [0, 0.05) is 20.5 Å². The number of nitrogens with two attached hydrogens (primary N) is 1. The summed E-state index contributed by atoms with van der Waals surface area (Å²) in [5.41, 5.74) is 7.81. The summed E-state index contributed by atoms with van der Waals surface area (Å²) < 4.78 is 0. The highest BCUT2D eigenvalue weighted by molar-refractivity contribution is 7.99. The number of hydrogen-bond acceptors (Lipinski definition) is 2. The first-order chi connectivity index (χ1) is 7.66. The molecule has 0 unspecified atom stereocenters. The van der Waals surface area contributed by atoms with Gasteiger partial charge in [-0.25, -0.2) is 0 Å². The van der Waals surface area contributed by atoms with Crippen LogP contribution in [0.5, 0.6) is 0 Å². The maximum Gasteiger partial charge on any atom is 0.0417 e. The van der Waals surface area contributed by atoms with Crippen LogP contribution in [0.4, 0.5) is 5.69 Å². The fraction of sp³-hybridized carbons (Fsp3) is 0.0769. The summed E-state index contributed by atoms with van der Waals surface area (Å²) in [5, 5.41) is 0.756. The number of hydrogen-bond donors (Lipinski definition) is 1. The molecule has 0 saturated heterocycles. The van der Waals surface area contributed by atoms with Crippen molar-refractivity contribution < 1.29 is 0 Å². The second-order valence-corrected chi connectivity index (χ2v) is 5.08. The van der Waals surface area contributed by atoms with Gasteiger partial charge in [-0.05, 0) is 42.8 Å². The number of rotatable bonds is 2. The molecule has 16 heavy (non-hydrogen) atoms. The van der Waals surface area contributed by atoms with Crippen LogP contribution >= 0.6 is 23.4 Å². The summed E-state index contributed by atoms with van der Waals surface area (Å²) in [6, 6.07) is 13.8. The van der Waals surface area contributed by atoms with Crippen molar-refractivity contribution in [3.8, 4) is 0 Å². The van der Waals surface area contributed by atoms with E-state index in [1.165, 1.54) is 4.90 Å². The van der Waals surface area contributed by atoms with Gasteiger partial charge >= 0.3 is 0 Å². The van der Waals surface area contributed by atoms with Gasteiger partial charge in [0.2, 0.25) is 0 Å². The Morgan fingerprint density at radius 1 is 1.12 bits per heavy atom. The van der Waals surface area contributed by atoms with Crippen molar-refractivity contribution in [3.63, 3.8) is 0 Å². The molecule has 0 fully saturated rings. The highest BCUT2D eigenvalue weighted by Gasteiger charge is 2.03. The van der Waals surface area contributed by atoms with E-state index in [9.17, 15) is 0 Å². The molecule has 0 atom stereocenters. The molecule has 0 aliphatic heterocycles. The lowest BCUT2D eigenvalue weighted by atomic mass is 10.2. The molecule has 0 aliphatic carbocycles. The van der Waals surface area contributed by atoms with Crippen molar-refractivity contribution in [1.82, 2.24) is 0 Å². The minimum Gasteiger partial charge on any atom is -0.398 e. The number of halogens is 1. The monoisotopic (exact) mass is 249 g/mol. The van der Waals surface area contributed by atoms with Crippen LogP contribution in [0.2, 0.25) is 5.02 Å². The van der Waals surface area contributed by atoms with Gasteiger partial charge in [0.1, 0.15) is 0 Å². The third-order valence-corrected chi connectivity index (χ3v) is 3.74. The Labute approximate surface area is 105 Å². The predicted molar refractivity (Wildman–Crippen MR) is 71.2 cm³/mol. The maximum atomic E-state index is 5.94. The lowest BCUT2D eigenvalue weighted by Crippen LogP contribution is -1.90. The molecule has 2 N–H and O–H groups in total. The molecule has 0 heterocycles. The van der Waals surface area contributed by atoms with Gasteiger partial charge < -0.3 is 5.73 Å². The average Bonchev–Trinajstić information content (AvgIpc) is 2.25. The van der Waals surface area contributed by atoms with Crippen LogP contribution in [0.15, 0.2) is 52.3 Å². The molecule has 0 spiro atoms. The molecular formula is C13H12ClNS. The first kappa shape index (κ1) is 11.4. The van der Waals surface area contributed by atoms with E-state index in [-0.39, 0.29) is 0 Å². The largest absolute Gasteiger partial charge is 0.398 e. The molecule has 2 aromatic carbocycles. The van der Waals surface area contributed by atoms with E-state index in [0.29, 0.717) is 0 Å². The Morgan fingerprint density at radius 2 is 1.88 bits per heavy atom. The van der Waals surface area contributed by atoms with Gasteiger partial charge in [0.15, 0.2) is 0 Å². The van der Waals surface area contributed by atoms with Crippen LogP contribution in [-0.4, -0.2) is 0 Å². The van der Waals surface area contributed by atoms with Crippen molar-refractivity contribution in [2.45, 2.75) is 16.7 Å². The SMILES string of the molecule is Cc1c(N)cccc1Sc1cccc(Cl)c1. The first-order valence-corrected chi connectivity index (χ1v) is 6.15. The second-order valence-electron chi connectivity index (χ2n) is 3.53. The Hall–Kier alpha value is -1.12. The van der Waals surface area contributed by atoms with Gasteiger partial charge in [0.25, 0.3) is 0 Å². The number of benzene rings is 2. The van der Waals surface area contributed by atoms with Gasteiger partial charge in [-0.3, -0.25) is 0 Å². The summed E-state index contributed by atoms with van der Waals surface area (Å²) in [6.07, 6.45) is 0. The Morgan fingerprint density at radius 3 is 2.62 bits per heavy atom. The van der Waals surface area contributed by atoms with Gasteiger partial charge in [-0.2, -0.15) is 0 Å². The molecule has 0 radical (unpaired) electrons. The average molecular weight is 250 g/mol. The molecule has 3 heteroatoms. The van der Waals surface area contributed by atoms with Crippen LogP contribution < -0.4 is 5.73 Å². The standard InChI is InChI=1S/C13H12ClNS/c1-9-12(15)6-3-7-13(9)16-11-5-2-4-10(14)8-11/h2-8H,15H2,1H3. The molecule has 2 rings (SSSR count). The third kappa shape index (κ3) is 2.52. The van der Waals surface area contributed by atoms with Crippen LogP contribution in [0, 0.1) is 6.92 Å². The highest BCUT2D eigenvalue weighted by Crippen LogP contribution is 2.33. The normalized spacial score (nSPS) is 10.4. The lowest BCUT2D eigenvalue weighted by molar-refractivity contribution is 1.30. The van der Waals surface area contributed by atoms with Crippen molar-refractivity contribution >= 4 is 29.1 Å². The van der Waals surface area contributed by atoms with Crippen molar-refractivity contribution in [1.29, 1.82) is 0 Å². The molecule has 0 saturated carbocycles. The second kappa shape index (κ2) is 4.81. The van der Waals surface area contributed by atoms with E-state index < -0.39 is 0 Å². The zero-order valence-electron chi connectivity index (χ0n) is 8.91. The predicted octanol–water partition coefficient (Wildman–Crippen LogP) is 4.38. The Balaban J connectivity index is 2.31. The van der Waals surface area contributed by atoms with E-state index in [2.05, 4.69) is 6.07 Å². The van der Waals surface area contributed by atoms with Gasteiger partial charge in [-0.15, -0.1) is 0 Å². The quantitative estimate of drug-likeness (QED) is 0.800. The molecule has 2 aromatic rings. The molecule has 0 bridgehead atoms. The van der Waals surface area contributed by atoms with Crippen LogP contribution in [0.1, 0.15) is 5.56 Å². The minimum absolute atomic E-state index is 0.756. The van der Waals surface area contributed by atoms with E-state index in [1.807, 2.05) is 43.3 Å². The maximum absolute atomic E-state index is 5.94. The van der Waals surface area contributed by atoms with E-state index in [1.54, 1.807) is 11.8 Å². The van der Waals surface area contributed by atoms with Crippen LogP contribution in [0.25, 0.3) is 0 Å². The third-order valence-electron chi connectivity index (χ3n) is 2.35.